The van der Waals surface area contributed by atoms with Crippen LogP contribution >= 0.6 is 0 Å². The molecule has 8 atom stereocenters. The second kappa shape index (κ2) is 6.32. The van der Waals surface area contributed by atoms with Crippen LogP contribution in [0, 0.1) is 39.4 Å². The summed E-state index contributed by atoms with van der Waals surface area (Å²) in [6.45, 7) is 7.65. The molecule has 168 valence electrons. The lowest BCUT2D eigenvalue weighted by Gasteiger charge is -2.62. The molecular formula is C26H34O5. The minimum atomic E-state index is -0.873. The zero-order valence-electron chi connectivity index (χ0n) is 19.1. The van der Waals surface area contributed by atoms with Crippen LogP contribution in [0.3, 0.4) is 0 Å². The van der Waals surface area contributed by atoms with E-state index in [1.807, 2.05) is 6.08 Å². The van der Waals surface area contributed by atoms with Gasteiger partial charge in [0, 0.05) is 13.3 Å². The van der Waals surface area contributed by atoms with Crippen molar-refractivity contribution in [2.75, 3.05) is 0 Å². The molecule has 0 heterocycles. The molecule has 5 nitrogen and oxygen atoms in total. The first-order valence-corrected chi connectivity index (χ1v) is 11.8. The van der Waals surface area contributed by atoms with Crippen molar-refractivity contribution in [3.05, 3.63) is 23.8 Å². The Kier molecular flexibility index (Phi) is 4.28. The summed E-state index contributed by atoms with van der Waals surface area (Å²) in [7, 11) is 0. The second-order valence-electron chi connectivity index (χ2n) is 11.3. The molecule has 0 aromatic heterocycles. The van der Waals surface area contributed by atoms with E-state index >= 15 is 0 Å². The molecule has 5 heteroatoms. The maximum Gasteiger partial charge on any atom is 0.307 e. The van der Waals surface area contributed by atoms with E-state index in [9.17, 15) is 19.5 Å². The van der Waals surface area contributed by atoms with Gasteiger partial charge in [-0.2, -0.15) is 0 Å². The number of ketones is 1. The first-order valence-electron chi connectivity index (χ1n) is 11.8. The van der Waals surface area contributed by atoms with Gasteiger partial charge in [0.15, 0.2) is 0 Å². The van der Waals surface area contributed by atoms with Gasteiger partial charge in [-0.1, -0.05) is 37.6 Å². The van der Waals surface area contributed by atoms with E-state index in [1.54, 1.807) is 6.92 Å². The number of ether oxygens (including phenoxy) is 1. The third-order valence-corrected chi connectivity index (χ3v) is 10.6. The van der Waals surface area contributed by atoms with E-state index in [0.717, 1.165) is 38.5 Å². The predicted molar refractivity (Wildman–Crippen MR) is 115 cm³/mol. The summed E-state index contributed by atoms with van der Waals surface area (Å²) in [5.74, 6) is -0.831. The molecule has 5 aliphatic carbocycles. The maximum absolute atomic E-state index is 13.0. The van der Waals surface area contributed by atoms with Crippen LogP contribution in [0.25, 0.3) is 0 Å². The molecule has 0 amide bonds. The summed E-state index contributed by atoms with van der Waals surface area (Å²) in [6.07, 6.45) is 12.7. The summed E-state index contributed by atoms with van der Waals surface area (Å²) >= 11 is 0. The molecule has 0 aliphatic heterocycles. The minimum absolute atomic E-state index is 0.0108. The van der Waals surface area contributed by atoms with Crippen LogP contribution in [-0.2, 0) is 19.1 Å². The number of Topliss-reactive ketones (excluding diaryl/α,β-unsaturated/α-hetero) is 1. The summed E-state index contributed by atoms with van der Waals surface area (Å²) in [4.78, 5) is 36.8. The van der Waals surface area contributed by atoms with E-state index in [0.29, 0.717) is 18.3 Å². The van der Waals surface area contributed by atoms with E-state index in [4.69, 9.17) is 4.74 Å². The molecule has 3 saturated carbocycles. The molecule has 3 fully saturated rings. The smallest absolute Gasteiger partial charge is 0.307 e. The van der Waals surface area contributed by atoms with Crippen molar-refractivity contribution in [3.63, 3.8) is 0 Å². The first kappa shape index (κ1) is 21.0. The Balaban J connectivity index is 1.55. The lowest BCUT2D eigenvalue weighted by atomic mass is 9.42. The normalized spacial score (nSPS) is 49.5. The topological polar surface area (TPSA) is 80.7 Å². The fraction of sp³-hybridized carbons (Fsp3) is 0.731. The SMILES string of the molecule is CC(=O)O[C@H]1CC[C@@]2(C)C(=CC[C@@H]3[C@@H]2CC[C@@]2(C)C34C=C[C@@]2(C(C)=O)[C@H](C(=O)O)C4)C1. The molecule has 0 spiro atoms. The van der Waals surface area contributed by atoms with Gasteiger partial charge in [-0.05, 0) is 73.5 Å². The van der Waals surface area contributed by atoms with Gasteiger partial charge in [0.1, 0.15) is 11.9 Å². The second-order valence-corrected chi connectivity index (χ2v) is 11.3. The van der Waals surface area contributed by atoms with Crippen molar-refractivity contribution in [2.24, 2.45) is 39.4 Å². The van der Waals surface area contributed by atoms with Crippen LogP contribution in [-0.4, -0.2) is 28.9 Å². The minimum Gasteiger partial charge on any atom is -0.481 e. The van der Waals surface area contributed by atoms with Crippen LogP contribution in [0.4, 0.5) is 0 Å². The number of rotatable bonds is 3. The third-order valence-electron chi connectivity index (χ3n) is 10.6. The number of allylic oxidation sites excluding steroid dienone is 3. The average Bonchev–Trinajstić information content (AvgIpc) is 3.10. The monoisotopic (exact) mass is 426 g/mol. The molecule has 2 bridgehead atoms. The summed E-state index contributed by atoms with van der Waals surface area (Å²) < 4.78 is 5.54. The van der Waals surface area contributed by atoms with E-state index in [-0.39, 0.29) is 34.1 Å². The molecule has 1 unspecified atom stereocenters. The highest BCUT2D eigenvalue weighted by Crippen LogP contribution is 2.80. The van der Waals surface area contributed by atoms with Gasteiger partial charge in [0.05, 0.1) is 11.3 Å². The quantitative estimate of drug-likeness (QED) is 0.522. The summed E-state index contributed by atoms with van der Waals surface area (Å²) in [5, 5.41) is 10.1. The Morgan fingerprint density at radius 2 is 1.81 bits per heavy atom. The Hall–Kier alpha value is -1.91. The van der Waals surface area contributed by atoms with Crippen molar-refractivity contribution < 1.29 is 24.2 Å². The Bertz CT molecular complexity index is 932. The van der Waals surface area contributed by atoms with Crippen molar-refractivity contribution in [3.8, 4) is 0 Å². The van der Waals surface area contributed by atoms with Crippen LogP contribution < -0.4 is 0 Å². The molecule has 0 aromatic carbocycles. The number of carbonyl (C=O) groups is 3. The van der Waals surface area contributed by atoms with Crippen LogP contribution in [0.5, 0.6) is 0 Å². The summed E-state index contributed by atoms with van der Waals surface area (Å²) in [5.41, 5.74) is 0.0436. The van der Waals surface area contributed by atoms with Gasteiger partial charge < -0.3 is 9.84 Å². The van der Waals surface area contributed by atoms with Gasteiger partial charge in [0.2, 0.25) is 0 Å². The van der Waals surface area contributed by atoms with Gasteiger partial charge >= 0.3 is 11.9 Å². The van der Waals surface area contributed by atoms with Crippen LogP contribution in [0.1, 0.15) is 72.6 Å². The van der Waals surface area contributed by atoms with Gasteiger partial charge in [-0.15, -0.1) is 0 Å². The lowest BCUT2D eigenvalue weighted by Crippen LogP contribution is -2.56. The molecular weight excluding hydrogens is 392 g/mol. The fourth-order valence-corrected chi connectivity index (χ4v) is 9.17. The Morgan fingerprint density at radius 3 is 2.45 bits per heavy atom. The highest BCUT2D eigenvalue weighted by molar-refractivity contribution is 5.93. The van der Waals surface area contributed by atoms with Gasteiger partial charge in [-0.3, -0.25) is 14.4 Å². The molecule has 0 radical (unpaired) electrons. The fourth-order valence-electron chi connectivity index (χ4n) is 9.17. The van der Waals surface area contributed by atoms with Crippen molar-refractivity contribution in [2.45, 2.75) is 78.7 Å². The van der Waals surface area contributed by atoms with Gasteiger partial charge in [0.25, 0.3) is 0 Å². The third kappa shape index (κ3) is 2.30. The number of carboxylic acid groups (broad SMARTS) is 1. The number of fused-ring (bicyclic) bond motifs is 3. The molecule has 0 aromatic rings. The largest absolute Gasteiger partial charge is 0.481 e. The molecule has 31 heavy (non-hydrogen) atoms. The van der Waals surface area contributed by atoms with Crippen molar-refractivity contribution in [1.82, 2.24) is 0 Å². The van der Waals surface area contributed by atoms with Crippen molar-refractivity contribution >= 4 is 17.7 Å². The van der Waals surface area contributed by atoms with E-state index in [2.05, 4.69) is 26.0 Å². The maximum atomic E-state index is 13.0. The lowest BCUT2D eigenvalue weighted by molar-refractivity contribution is -0.153. The number of hydrogen-bond donors (Lipinski definition) is 1. The molecule has 5 aliphatic rings. The van der Waals surface area contributed by atoms with Crippen LogP contribution in [0.2, 0.25) is 0 Å². The molecule has 1 N–H and O–H groups in total. The zero-order valence-corrected chi connectivity index (χ0v) is 19.1. The number of carboxylic acids is 1. The first-order chi connectivity index (χ1) is 14.5. The van der Waals surface area contributed by atoms with E-state index in [1.165, 1.54) is 12.5 Å². The number of hydrogen-bond acceptors (Lipinski definition) is 4. The highest BCUT2D eigenvalue weighted by Gasteiger charge is 2.78. The van der Waals surface area contributed by atoms with Crippen LogP contribution in [0.15, 0.2) is 23.8 Å². The standard InChI is InChI=1S/C26H34O5/c1-15(27)26-12-11-25(14-21(26)22(29)30)20-6-5-17-13-18(31-16(2)28)7-9-23(17,3)19(20)8-10-24(25,26)4/h5,11-12,18-21H,6-10,13-14H2,1-4H3,(H,29,30)/t18-,19-,20+,21-,23-,24-,25?,26+/m0/s1. The predicted octanol–water partition coefficient (Wildman–Crippen LogP) is 4.71. The number of esters is 1. The van der Waals surface area contributed by atoms with Crippen molar-refractivity contribution in [1.29, 1.82) is 0 Å². The van der Waals surface area contributed by atoms with Gasteiger partial charge in [-0.25, -0.2) is 0 Å². The Morgan fingerprint density at radius 1 is 1.06 bits per heavy atom. The Labute approximate surface area is 184 Å². The number of carbonyl (C=O) groups excluding carboxylic acids is 2. The average molecular weight is 427 g/mol. The zero-order chi connectivity index (χ0) is 22.4. The molecule has 0 saturated heterocycles. The van der Waals surface area contributed by atoms with E-state index < -0.39 is 17.3 Å². The molecule has 5 rings (SSSR count). The summed E-state index contributed by atoms with van der Waals surface area (Å²) in [6, 6.07) is 0. The highest BCUT2D eigenvalue weighted by atomic mass is 16.5. The number of aliphatic carboxylic acids is 1.